The van der Waals surface area contributed by atoms with Crippen molar-refractivity contribution in [3.63, 3.8) is 0 Å². The molecule has 5 heterocycles. The lowest BCUT2D eigenvalue weighted by Gasteiger charge is -2.54. The predicted molar refractivity (Wildman–Crippen MR) is 93.9 cm³/mol. The van der Waals surface area contributed by atoms with Crippen LogP contribution in [-0.2, 0) is 4.74 Å². The summed E-state index contributed by atoms with van der Waals surface area (Å²) in [7, 11) is 0. The summed E-state index contributed by atoms with van der Waals surface area (Å²) in [5.74, 6) is 0.422. The Morgan fingerprint density at radius 2 is 2.16 bits per heavy atom. The highest BCUT2D eigenvalue weighted by atomic mass is 16.5. The van der Waals surface area contributed by atoms with Crippen LogP contribution in [0, 0.1) is 0 Å². The first-order valence-electron chi connectivity index (χ1n) is 9.29. The van der Waals surface area contributed by atoms with Gasteiger partial charge in [-0.25, -0.2) is 15.0 Å². The zero-order chi connectivity index (χ0) is 16.9. The Bertz CT molecular complexity index is 771. The molecule has 3 fully saturated rings. The van der Waals surface area contributed by atoms with Crippen LogP contribution in [0.2, 0.25) is 0 Å². The average Bonchev–Trinajstić information content (AvgIpc) is 3.21. The van der Waals surface area contributed by atoms with E-state index in [1.165, 1.54) is 32.1 Å². The summed E-state index contributed by atoms with van der Waals surface area (Å²) in [6.07, 6.45) is 9.57. The Morgan fingerprint density at radius 3 is 3.00 bits per heavy atom. The topological polar surface area (TPSA) is 94.1 Å². The van der Waals surface area contributed by atoms with E-state index >= 15 is 0 Å². The zero-order valence-electron chi connectivity index (χ0n) is 14.4. The molecule has 2 aromatic rings. The summed E-state index contributed by atoms with van der Waals surface area (Å²) < 4.78 is 8.38. The van der Waals surface area contributed by atoms with Crippen molar-refractivity contribution in [3.8, 4) is 0 Å². The molecule has 8 heteroatoms. The van der Waals surface area contributed by atoms with Crippen molar-refractivity contribution in [3.05, 3.63) is 12.7 Å². The number of ether oxygens (including phenoxy) is 1. The predicted octanol–water partition coefficient (Wildman–Crippen LogP) is 0.914. The molecular formula is C17H25N7O. The van der Waals surface area contributed by atoms with Crippen molar-refractivity contribution >= 4 is 17.0 Å². The van der Waals surface area contributed by atoms with Crippen LogP contribution in [0.3, 0.4) is 0 Å². The van der Waals surface area contributed by atoms with E-state index < -0.39 is 0 Å². The Hall–Kier alpha value is -1.77. The van der Waals surface area contributed by atoms with E-state index in [9.17, 15) is 0 Å². The van der Waals surface area contributed by atoms with Crippen LogP contribution in [0.4, 0.5) is 5.82 Å². The van der Waals surface area contributed by atoms with Crippen LogP contribution in [0.5, 0.6) is 0 Å². The third kappa shape index (κ3) is 2.51. The van der Waals surface area contributed by atoms with Crippen molar-refractivity contribution in [1.29, 1.82) is 0 Å². The molecule has 5 rings (SSSR count). The van der Waals surface area contributed by atoms with Gasteiger partial charge >= 0.3 is 0 Å². The second kappa shape index (κ2) is 5.89. The maximum atomic E-state index is 6.38. The number of fused-ring (bicyclic) bond motifs is 1. The van der Waals surface area contributed by atoms with Gasteiger partial charge in [0.1, 0.15) is 18.1 Å². The Balaban J connectivity index is 1.30. The van der Waals surface area contributed by atoms with Gasteiger partial charge in [0, 0.05) is 25.2 Å². The molecule has 1 spiro atoms. The molecule has 3 saturated heterocycles. The molecule has 2 atom stereocenters. The lowest BCUT2D eigenvalue weighted by molar-refractivity contribution is -0.0575. The number of hydrogen-bond acceptors (Lipinski definition) is 7. The van der Waals surface area contributed by atoms with Gasteiger partial charge in [-0.3, -0.25) is 9.47 Å². The summed E-state index contributed by atoms with van der Waals surface area (Å²) in [6.45, 7) is 4.49. The fourth-order valence-corrected chi connectivity index (χ4v) is 4.60. The number of nitrogens with zero attached hydrogens (tertiary/aromatic N) is 5. The van der Waals surface area contributed by atoms with Gasteiger partial charge in [-0.2, -0.15) is 0 Å². The number of piperidine rings is 1. The highest BCUT2D eigenvalue weighted by Crippen LogP contribution is 2.35. The lowest BCUT2D eigenvalue weighted by atomic mass is 9.81. The minimum atomic E-state index is -0.00967. The number of rotatable bonds is 3. The van der Waals surface area contributed by atoms with Crippen LogP contribution >= 0.6 is 0 Å². The molecular weight excluding hydrogens is 318 g/mol. The second-order valence-corrected chi connectivity index (χ2v) is 7.60. The maximum absolute atomic E-state index is 6.38. The van der Waals surface area contributed by atoms with Crippen LogP contribution in [0.1, 0.15) is 38.3 Å². The third-order valence-electron chi connectivity index (χ3n) is 6.11. The van der Waals surface area contributed by atoms with Gasteiger partial charge in [-0.05, 0) is 32.2 Å². The van der Waals surface area contributed by atoms with E-state index in [2.05, 4.69) is 25.2 Å². The quantitative estimate of drug-likeness (QED) is 0.855. The lowest BCUT2D eigenvalue weighted by Crippen LogP contribution is -2.71. The Kier molecular flexibility index (Phi) is 3.65. The molecule has 8 nitrogen and oxygen atoms in total. The van der Waals surface area contributed by atoms with Crippen molar-refractivity contribution in [2.45, 2.75) is 50.0 Å². The van der Waals surface area contributed by atoms with Crippen molar-refractivity contribution in [1.82, 2.24) is 29.7 Å². The van der Waals surface area contributed by atoms with E-state index in [0.29, 0.717) is 16.9 Å². The first kappa shape index (κ1) is 15.5. The number of anilines is 1. The van der Waals surface area contributed by atoms with E-state index in [0.717, 1.165) is 38.1 Å². The van der Waals surface area contributed by atoms with Crippen molar-refractivity contribution in [2.24, 2.45) is 0 Å². The molecule has 0 amide bonds. The smallest absolute Gasteiger partial charge is 0.167 e. The summed E-state index contributed by atoms with van der Waals surface area (Å²) in [4.78, 5) is 15.4. The SMILES string of the molecule is Nc1ncnc2c1ncn2[C@H]1CCC(CN2CCCCC23CNC3)O1. The van der Waals surface area contributed by atoms with Gasteiger partial charge in [0.2, 0.25) is 0 Å². The molecule has 134 valence electrons. The Morgan fingerprint density at radius 1 is 1.24 bits per heavy atom. The summed E-state index contributed by atoms with van der Waals surface area (Å²) >= 11 is 0. The first-order valence-corrected chi connectivity index (χ1v) is 9.29. The molecule has 2 aromatic heterocycles. The second-order valence-electron chi connectivity index (χ2n) is 7.60. The Labute approximate surface area is 146 Å². The van der Waals surface area contributed by atoms with Gasteiger partial charge < -0.3 is 15.8 Å². The molecule has 0 bridgehead atoms. The third-order valence-corrected chi connectivity index (χ3v) is 6.11. The molecule has 3 aliphatic rings. The van der Waals surface area contributed by atoms with Crippen LogP contribution < -0.4 is 11.1 Å². The summed E-state index contributed by atoms with van der Waals surface area (Å²) in [6, 6.07) is 0. The molecule has 0 aromatic carbocycles. The minimum absolute atomic E-state index is 0.00967. The van der Waals surface area contributed by atoms with Crippen molar-refractivity contribution < 1.29 is 4.74 Å². The van der Waals surface area contributed by atoms with Gasteiger partial charge in [-0.1, -0.05) is 6.42 Å². The van der Waals surface area contributed by atoms with E-state index in [1.54, 1.807) is 6.33 Å². The van der Waals surface area contributed by atoms with Gasteiger partial charge in [0.05, 0.1) is 12.4 Å². The normalized spacial score (nSPS) is 29.3. The monoisotopic (exact) mass is 343 g/mol. The van der Waals surface area contributed by atoms with Gasteiger partial charge in [-0.15, -0.1) is 0 Å². The van der Waals surface area contributed by atoms with E-state index in [-0.39, 0.29) is 12.3 Å². The fourth-order valence-electron chi connectivity index (χ4n) is 4.60. The summed E-state index contributed by atoms with van der Waals surface area (Å²) in [5, 5.41) is 3.46. The van der Waals surface area contributed by atoms with Gasteiger partial charge in [0.15, 0.2) is 11.5 Å². The fraction of sp³-hybridized carbons (Fsp3) is 0.706. The maximum Gasteiger partial charge on any atom is 0.167 e. The average molecular weight is 343 g/mol. The number of nitrogens with two attached hydrogens (primary N) is 1. The van der Waals surface area contributed by atoms with Crippen molar-refractivity contribution in [2.75, 3.05) is 31.9 Å². The summed E-state index contributed by atoms with van der Waals surface area (Å²) in [5.41, 5.74) is 7.70. The molecule has 1 unspecified atom stereocenters. The van der Waals surface area contributed by atoms with Crippen LogP contribution in [-0.4, -0.2) is 62.2 Å². The standard InChI is InChI=1S/C17H25N7O/c18-15-14-16(21-10-20-15)24(11-22-14)13-4-3-12(25-13)7-23-6-2-1-5-17(23)8-19-9-17/h10-13,19H,1-9H2,(H2,18,20,21)/t12?,13-/m1/s1. The molecule has 3 aliphatic heterocycles. The first-order chi connectivity index (χ1) is 12.3. The number of aromatic nitrogens is 4. The van der Waals surface area contributed by atoms with Gasteiger partial charge in [0.25, 0.3) is 0 Å². The molecule has 0 aliphatic carbocycles. The van der Waals surface area contributed by atoms with E-state index in [4.69, 9.17) is 10.5 Å². The number of imidazole rings is 1. The number of likely N-dealkylation sites (tertiary alicyclic amines) is 1. The molecule has 0 saturated carbocycles. The van der Waals surface area contributed by atoms with Crippen LogP contribution in [0.25, 0.3) is 11.2 Å². The molecule has 3 N–H and O–H groups in total. The molecule has 25 heavy (non-hydrogen) atoms. The number of nitrogen functional groups attached to an aromatic ring is 1. The number of nitrogens with one attached hydrogen (secondary N) is 1. The largest absolute Gasteiger partial charge is 0.382 e. The van der Waals surface area contributed by atoms with E-state index in [1.807, 2.05) is 4.57 Å². The highest BCUT2D eigenvalue weighted by Gasteiger charge is 2.45. The molecule has 0 radical (unpaired) electrons. The highest BCUT2D eigenvalue weighted by molar-refractivity contribution is 5.81. The van der Waals surface area contributed by atoms with Crippen LogP contribution in [0.15, 0.2) is 12.7 Å². The number of hydrogen-bond donors (Lipinski definition) is 2. The zero-order valence-corrected chi connectivity index (χ0v) is 14.4. The minimum Gasteiger partial charge on any atom is -0.382 e.